The summed E-state index contributed by atoms with van der Waals surface area (Å²) in [5, 5.41) is 8.11. The number of hydrogen-bond acceptors (Lipinski definition) is 5. The maximum absolute atomic E-state index is 13.2. The average molecular weight is 425 g/mol. The number of nitrogens with zero attached hydrogens (tertiary/aromatic N) is 3. The second-order valence-corrected chi connectivity index (χ2v) is 7.75. The largest absolute Gasteiger partial charge is 0.293 e. The highest BCUT2D eigenvalue weighted by atomic mass is 35.5. The van der Waals surface area contributed by atoms with Crippen molar-refractivity contribution in [3.05, 3.63) is 81.2 Å². The minimum atomic E-state index is -0.217. The lowest BCUT2D eigenvalue weighted by Gasteiger charge is -2.14. The summed E-state index contributed by atoms with van der Waals surface area (Å²) in [7, 11) is 0. The summed E-state index contributed by atoms with van der Waals surface area (Å²) >= 11 is 7.12. The van der Waals surface area contributed by atoms with Crippen LogP contribution in [0.4, 0.5) is 0 Å². The number of hydrogen-bond donors (Lipinski definition) is 1. The van der Waals surface area contributed by atoms with Crippen LogP contribution in [0.3, 0.4) is 0 Å². The van der Waals surface area contributed by atoms with E-state index in [4.69, 9.17) is 11.6 Å². The number of carbonyl (C=O) groups excluding carboxylic acids is 1. The van der Waals surface area contributed by atoms with Crippen molar-refractivity contribution in [2.24, 2.45) is 0 Å². The maximum Gasteiger partial charge on any atom is 0.269 e. The van der Waals surface area contributed by atoms with E-state index < -0.39 is 0 Å². The van der Waals surface area contributed by atoms with Crippen molar-refractivity contribution in [2.75, 3.05) is 5.75 Å². The Kier molecular flexibility index (Phi) is 5.51. The molecule has 0 unspecified atom stereocenters. The van der Waals surface area contributed by atoms with Gasteiger partial charge in [-0.2, -0.15) is 5.10 Å². The quantitative estimate of drug-likeness (QED) is 0.283. The minimum absolute atomic E-state index is 0.0686. The van der Waals surface area contributed by atoms with E-state index in [0.29, 0.717) is 26.8 Å². The Bertz CT molecular complexity index is 1250. The molecule has 4 rings (SSSR count). The van der Waals surface area contributed by atoms with Crippen molar-refractivity contribution in [1.29, 1.82) is 0 Å². The second kappa shape index (κ2) is 8.23. The molecule has 8 heteroatoms. The Morgan fingerprint density at radius 3 is 2.69 bits per heavy atom. The second-order valence-electron chi connectivity index (χ2n) is 6.37. The zero-order valence-corrected chi connectivity index (χ0v) is 17.1. The van der Waals surface area contributed by atoms with E-state index in [1.165, 1.54) is 18.0 Å². The van der Waals surface area contributed by atoms with Gasteiger partial charge >= 0.3 is 0 Å². The normalized spacial score (nSPS) is 11.1. The molecule has 0 aliphatic carbocycles. The molecular formula is C21H17ClN4O2S. The highest BCUT2D eigenvalue weighted by Crippen LogP contribution is 2.24. The summed E-state index contributed by atoms with van der Waals surface area (Å²) in [5.74, 6) is 0.0723. The van der Waals surface area contributed by atoms with Gasteiger partial charge in [0, 0.05) is 10.6 Å². The topological polar surface area (TPSA) is 80.6 Å². The van der Waals surface area contributed by atoms with Gasteiger partial charge in [0.1, 0.15) is 5.39 Å². The fraction of sp³-hybridized carbons (Fsp3) is 0.143. The van der Waals surface area contributed by atoms with Crippen LogP contribution in [-0.2, 0) is 6.42 Å². The molecule has 2 heterocycles. The number of benzene rings is 2. The van der Waals surface area contributed by atoms with Gasteiger partial charge in [-0.05, 0) is 42.3 Å². The molecule has 1 N–H and O–H groups in total. The van der Waals surface area contributed by atoms with Gasteiger partial charge < -0.3 is 0 Å². The predicted octanol–water partition coefficient (Wildman–Crippen LogP) is 4.30. The summed E-state index contributed by atoms with van der Waals surface area (Å²) in [6, 6.07) is 14.4. The van der Waals surface area contributed by atoms with E-state index in [1.807, 2.05) is 31.2 Å². The van der Waals surface area contributed by atoms with E-state index in [2.05, 4.69) is 15.2 Å². The van der Waals surface area contributed by atoms with Gasteiger partial charge in [0.2, 0.25) is 0 Å². The molecule has 0 radical (unpaired) electrons. The third-order valence-electron chi connectivity index (χ3n) is 4.56. The molecule has 0 saturated heterocycles. The van der Waals surface area contributed by atoms with Crippen LogP contribution in [0.2, 0.25) is 5.02 Å². The molecule has 0 bridgehead atoms. The number of fused-ring (bicyclic) bond motifs is 1. The lowest BCUT2D eigenvalue weighted by atomic mass is 10.1. The van der Waals surface area contributed by atoms with E-state index >= 15 is 0 Å². The fourth-order valence-electron chi connectivity index (χ4n) is 3.06. The van der Waals surface area contributed by atoms with Crippen LogP contribution in [0.25, 0.3) is 16.7 Å². The number of aryl methyl sites for hydroxylation is 1. The van der Waals surface area contributed by atoms with Crippen molar-refractivity contribution in [1.82, 2.24) is 19.7 Å². The van der Waals surface area contributed by atoms with Gasteiger partial charge in [-0.25, -0.2) is 4.98 Å². The molecule has 0 atom stereocenters. The van der Waals surface area contributed by atoms with Gasteiger partial charge in [-0.1, -0.05) is 48.5 Å². The molecule has 0 saturated carbocycles. The third-order valence-corrected chi connectivity index (χ3v) is 5.75. The van der Waals surface area contributed by atoms with Crippen LogP contribution in [-0.4, -0.2) is 31.3 Å². The number of Topliss-reactive ketones (excluding diaryl/α,β-unsaturated/α-hetero) is 1. The average Bonchev–Trinajstić information content (AvgIpc) is 3.21. The zero-order chi connectivity index (χ0) is 20.4. The monoisotopic (exact) mass is 424 g/mol. The number of rotatable bonds is 6. The smallest absolute Gasteiger partial charge is 0.269 e. The van der Waals surface area contributed by atoms with Gasteiger partial charge in [0.25, 0.3) is 5.56 Å². The number of nitrogens with one attached hydrogen (secondary N) is 1. The molecule has 4 aromatic rings. The Morgan fingerprint density at radius 1 is 1.17 bits per heavy atom. The van der Waals surface area contributed by atoms with Gasteiger partial charge in [-0.15, -0.1) is 0 Å². The lowest BCUT2D eigenvalue weighted by molar-refractivity contribution is 0.102. The lowest BCUT2D eigenvalue weighted by Crippen LogP contribution is -2.23. The molecule has 6 nitrogen and oxygen atoms in total. The Hall–Kier alpha value is -2.90. The van der Waals surface area contributed by atoms with Crippen LogP contribution in [0.1, 0.15) is 22.8 Å². The van der Waals surface area contributed by atoms with Crippen LogP contribution < -0.4 is 5.56 Å². The molecule has 0 fully saturated rings. The van der Waals surface area contributed by atoms with Gasteiger partial charge in [0.15, 0.2) is 16.6 Å². The summed E-state index contributed by atoms with van der Waals surface area (Å²) in [4.78, 5) is 30.3. The first-order chi connectivity index (χ1) is 14.1. The van der Waals surface area contributed by atoms with Crippen molar-refractivity contribution in [3.8, 4) is 5.69 Å². The number of ketones is 1. The van der Waals surface area contributed by atoms with Crippen LogP contribution in [0.5, 0.6) is 0 Å². The third kappa shape index (κ3) is 3.83. The molecule has 146 valence electrons. The minimum Gasteiger partial charge on any atom is -0.293 e. The fourth-order valence-corrected chi connectivity index (χ4v) is 4.08. The van der Waals surface area contributed by atoms with Gasteiger partial charge in [-0.3, -0.25) is 19.3 Å². The molecule has 2 aromatic heterocycles. The number of thioether (sulfide) groups is 1. The summed E-state index contributed by atoms with van der Waals surface area (Å²) in [5.41, 5.74) is 2.53. The van der Waals surface area contributed by atoms with Crippen molar-refractivity contribution in [3.63, 3.8) is 0 Å². The molecule has 0 amide bonds. The molecule has 0 aliphatic heterocycles. The first kappa shape index (κ1) is 19.4. The number of halogens is 1. The number of aromatic nitrogens is 4. The summed E-state index contributed by atoms with van der Waals surface area (Å²) in [6.45, 7) is 2.03. The highest BCUT2D eigenvalue weighted by molar-refractivity contribution is 7.99. The molecule has 29 heavy (non-hydrogen) atoms. The van der Waals surface area contributed by atoms with Crippen molar-refractivity contribution < 1.29 is 4.79 Å². The number of carbonyl (C=O) groups is 1. The molecule has 0 spiro atoms. The first-order valence-electron chi connectivity index (χ1n) is 9.04. The van der Waals surface area contributed by atoms with Crippen molar-refractivity contribution in [2.45, 2.75) is 18.5 Å². The zero-order valence-electron chi connectivity index (χ0n) is 15.6. The van der Waals surface area contributed by atoms with Crippen LogP contribution in [0, 0.1) is 0 Å². The maximum atomic E-state index is 13.2. The Morgan fingerprint density at radius 2 is 1.93 bits per heavy atom. The number of aromatic amines is 1. The summed E-state index contributed by atoms with van der Waals surface area (Å²) < 4.78 is 1.57. The summed E-state index contributed by atoms with van der Waals surface area (Å²) in [6.07, 6.45) is 2.24. The van der Waals surface area contributed by atoms with Crippen molar-refractivity contribution >= 4 is 40.2 Å². The Labute approximate surface area is 175 Å². The molecule has 0 aliphatic rings. The Balaban J connectivity index is 1.76. The molecular weight excluding hydrogens is 408 g/mol. The van der Waals surface area contributed by atoms with E-state index in [1.54, 1.807) is 28.8 Å². The number of H-pyrrole nitrogens is 1. The van der Waals surface area contributed by atoms with Crippen LogP contribution in [0.15, 0.2) is 64.7 Å². The van der Waals surface area contributed by atoms with Crippen LogP contribution >= 0.6 is 23.4 Å². The standard InChI is InChI=1S/C21H17ClN4O2S/c1-2-13-5-3-4-6-17(13)26-20(28)16-11-23-25-19(16)24-21(26)29-12-18(27)14-7-9-15(22)10-8-14/h3-11H,2,12H2,1H3,(H,23,25). The van der Waals surface area contributed by atoms with E-state index in [0.717, 1.165) is 17.7 Å². The number of para-hydroxylation sites is 1. The van der Waals surface area contributed by atoms with E-state index in [9.17, 15) is 9.59 Å². The van der Waals surface area contributed by atoms with Gasteiger partial charge in [0.05, 0.1) is 17.6 Å². The predicted molar refractivity (Wildman–Crippen MR) is 115 cm³/mol. The van der Waals surface area contributed by atoms with E-state index in [-0.39, 0.29) is 17.1 Å². The first-order valence-corrected chi connectivity index (χ1v) is 10.4. The SMILES string of the molecule is CCc1ccccc1-n1c(SCC(=O)c2ccc(Cl)cc2)nc2[nH]ncc2c1=O. The molecule has 2 aromatic carbocycles. The highest BCUT2D eigenvalue weighted by Gasteiger charge is 2.18.